The SMILES string of the molecule is CCOc1cc2c(c(F)c1OCC)C(=N)N(CC(=O)c1cc(N3CC4(COC4)C3)c(OC)c(C(C)(C)C)c1)C2(C)C. The molecule has 2 aromatic rings. The van der Waals surface area contributed by atoms with E-state index < -0.39 is 11.4 Å². The number of amidine groups is 1. The highest BCUT2D eigenvalue weighted by molar-refractivity contribution is 6.07. The van der Waals surface area contributed by atoms with Gasteiger partial charge in [0, 0.05) is 24.2 Å². The van der Waals surface area contributed by atoms with E-state index in [-0.39, 0.29) is 46.9 Å². The number of anilines is 1. The Kier molecular flexibility index (Phi) is 7.25. The van der Waals surface area contributed by atoms with Gasteiger partial charge in [-0.1, -0.05) is 20.8 Å². The molecule has 0 aliphatic carbocycles. The second kappa shape index (κ2) is 10.2. The third-order valence-corrected chi connectivity index (χ3v) is 8.53. The summed E-state index contributed by atoms with van der Waals surface area (Å²) < 4.78 is 38.5. The molecule has 2 aromatic carbocycles. The van der Waals surface area contributed by atoms with E-state index in [4.69, 9.17) is 24.4 Å². The smallest absolute Gasteiger partial charge is 0.197 e. The van der Waals surface area contributed by atoms with E-state index in [1.807, 2.05) is 32.9 Å². The van der Waals surface area contributed by atoms with Crippen LogP contribution in [0.1, 0.15) is 75.5 Å². The lowest BCUT2D eigenvalue weighted by molar-refractivity contribution is -0.127. The van der Waals surface area contributed by atoms with E-state index in [2.05, 4.69) is 25.7 Å². The van der Waals surface area contributed by atoms with Crippen molar-refractivity contribution in [3.63, 3.8) is 0 Å². The van der Waals surface area contributed by atoms with Crippen LogP contribution in [0.25, 0.3) is 0 Å². The number of fused-ring (bicyclic) bond motifs is 1. The van der Waals surface area contributed by atoms with Gasteiger partial charge in [-0.2, -0.15) is 0 Å². The number of nitrogens with zero attached hydrogens (tertiary/aromatic N) is 2. The zero-order chi connectivity index (χ0) is 29.9. The lowest BCUT2D eigenvalue weighted by Crippen LogP contribution is -2.66. The molecule has 1 spiro atoms. The Morgan fingerprint density at radius 3 is 2.27 bits per heavy atom. The molecule has 0 saturated carbocycles. The fourth-order valence-corrected chi connectivity index (χ4v) is 6.22. The third-order valence-electron chi connectivity index (χ3n) is 8.53. The van der Waals surface area contributed by atoms with Gasteiger partial charge in [0.15, 0.2) is 23.1 Å². The van der Waals surface area contributed by atoms with Gasteiger partial charge in [-0.25, -0.2) is 4.39 Å². The number of carbonyl (C=O) groups is 1. The zero-order valence-corrected chi connectivity index (χ0v) is 25.5. The molecular formula is C32H42FN3O5. The molecule has 3 heterocycles. The number of benzene rings is 2. The van der Waals surface area contributed by atoms with Crippen LogP contribution >= 0.6 is 0 Å². The molecule has 2 saturated heterocycles. The average molecular weight is 568 g/mol. The summed E-state index contributed by atoms with van der Waals surface area (Å²) in [4.78, 5) is 17.9. The molecule has 0 atom stereocenters. The number of ether oxygens (including phenoxy) is 4. The van der Waals surface area contributed by atoms with Gasteiger partial charge in [-0.3, -0.25) is 10.2 Å². The summed E-state index contributed by atoms with van der Waals surface area (Å²) in [5.74, 6) is 0.259. The molecule has 0 aromatic heterocycles. The molecule has 0 unspecified atom stereocenters. The van der Waals surface area contributed by atoms with Crippen LogP contribution in [0.5, 0.6) is 17.2 Å². The molecule has 3 aliphatic rings. The van der Waals surface area contributed by atoms with Crippen molar-refractivity contribution in [2.24, 2.45) is 5.41 Å². The number of Topliss-reactive ketones (excluding diaryl/α,β-unsaturated/α-hetero) is 1. The minimum Gasteiger partial charge on any atom is -0.494 e. The molecule has 41 heavy (non-hydrogen) atoms. The van der Waals surface area contributed by atoms with Crippen molar-refractivity contribution >= 4 is 17.3 Å². The number of carbonyl (C=O) groups excluding carboxylic acids is 1. The van der Waals surface area contributed by atoms with Crippen LogP contribution in [-0.2, 0) is 15.7 Å². The number of ketones is 1. The van der Waals surface area contributed by atoms with Gasteiger partial charge in [0.2, 0.25) is 0 Å². The molecule has 2 fully saturated rings. The van der Waals surface area contributed by atoms with Crippen LogP contribution in [0.15, 0.2) is 18.2 Å². The molecule has 0 bridgehead atoms. The van der Waals surface area contributed by atoms with E-state index in [0.29, 0.717) is 23.5 Å². The summed E-state index contributed by atoms with van der Waals surface area (Å²) >= 11 is 0. The largest absolute Gasteiger partial charge is 0.494 e. The number of hydrogen-bond donors (Lipinski definition) is 1. The summed E-state index contributed by atoms with van der Waals surface area (Å²) in [6.45, 7) is 17.5. The molecule has 5 rings (SSSR count). The maximum atomic E-state index is 15.8. The highest BCUT2D eigenvalue weighted by Gasteiger charge is 2.50. The summed E-state index contributed by atoms with van der Waals surface area (Å²) in [6.07, 6.45) is 0. The highest BCUT2D eigenvalue weighted by Crippen LogP contribution is 2.48. The standard InChI is InChI=1S/C32H42FN3O5/c1-9-40-24-13-20-25(26(33)28(24)41-10-2)29(34)36(31(20,6)7)14-23(37)19-11-21(30(3,4)5)27(38-8)22(12-19)35-15-32(16-35)17-39-18-32/h11-13,34H,9-10,14-18H2,1-8H3. The summed E-state index contributed by atoms with van der Waals surface area (Å²) in [5.41, 5.74) is 2.22. The van der Waals surface area contributed by atoms with Crippen molar-refractivity contribution < 1.29 is 28.1 Å². The van der Waals surface area contributed by atoms with Crippen LogP contribution in [0, 0.1) is 16.6 Å². The van der Waals surface area contributed by atoms with Crippen molar-refractivity contribution in [3.8, 4) is 17.2 Å². The number of hydrogen-bond acceptors (Lipinski definition) is 7. The number of methoxy groups -OCH3 is 1. The molecule has 222 valence electrons. The van der Waals surface area contributed by atoms with Crippen LogP contribution < -0.4 is 19.1 Å². The highest BCUT2D eigenvalue weighted by atomic mass is 19.1. The number of nitrogens with one attached hydrogen (secondary N) is 1. The predicted octanol–water partition coefficient (Wildman–Crippen LogP) is 5.52. The minimum absolute atomic E-state index is 0.000578. The quantitative estimate of drug-likeness (QED) is 0.399. The Balaban J connectivity index is 1.50. The van der Waals surface area contributed by atoms with E-state index >= 15 is 4.39 Å². The average Bonchev–Trinajstić information content (AvgIpc) is 3.04. The van der Waals surface area contributed by atoms with Crippen molar-refractivity contribution in [1.29, 1.82) is 5.41 Å². The van der Waals surface area contributed by atoms with E-state index in [0.717, 1.165) is 43.3 Å². The molecular weight excluding hydrogens is 525 g/mol. The lowest BCUT2D eigenvalue weighted by Gasteiger charge is -2.56. The topological polar surface area (TPSA) is 84.3 Å². The fraction of sp³-hybridized carbons (Fsp3) is 0.562. The first-order valence-electron chi connectivity index (χ1n) is 14.4. The number of rotatable bonds is 9. The predicted molar refractivity (Wildman–Crippen MR) is 157 cm³/mol. The van der Waals surface area contributed by atoms with Crippen molar-refractivity contribution in [3.05, 3.63) is 46.3 Å². The van der Waals surface area contributed by atoms with Gasteiger partial charge in [0.1, 0.15) is 11.6 Å². The maximum Gasteiger partial charge on any atom is 0.197 e. The monoisotopic (exact) mass is 567 g/mol. The molecule has 8 nitrogen and oxygen atoms in total. The van der Waals surface area contributed by atoms with Crippen molar-refractivity contribution in [2.45, 2.75) is 59.4 Å². The second-order valence-electron chi connectivity index (χ2n) is 12.9. The van der Waals surface area contributed by atoms with Crippen molar-refractivity contribution in [2.75, 3.05) is 58.1 Å². The normalized spacial score (nSPS) is 18.6. The zero-order valence-electron chi connectivity index (χ0n) is 25.5. The minimum atomic E-state index is -0.824. The van der Waals surface area contributed by atoms with Crippen LogP contribution in [-0.4, -0.2) is 69.7 Å². The van der Waals surface area contributed by atoms with E-state index in [1.165, 1.54) is 0 Å². The van der Waals surface area contributed by atoms with Gasteiger partial charge >= 0.3 is 0 Å². The number of halogens is 1. The first kappa shape index (κ1) is 29.2. The van der Waals surface area contributed by atoms with Crippen LogP contribution in [0.4, 0.5) is 10.1 Å². The van der Waals surface area contributed by atoms with Crippen molar-refractivity contribution in [1.82, 2.24) is 4.90 Å². The Labute approximate surface area is 242 Å². The van der Waals surface area contributed by atoms with Gasteiger partial charge < -0.3 is 28.7 Å². The maximum absolute atomic E-state index is 15.8. The van der Waals surface area contributed by atoms with Gasteiger partial charge in [-0.05, 0) is 56.9 Å². The fourth-order valence-electron chi connectivity index (χ4n) is 6.22. The summed E-state index contributed by atoms with van der Waals surface area (Å²) in [7, 11) is 1.67. The van der Waals surface area contributed by atoms with Gasteiger partial charge in [0.25, 0.3) is 0 Å². The molecule has 0 radical (unpaired) electrons. The summed E-state index contributed by atoms with van der Waals surface area (Å²) in [6, 6.07) is 5.57. The Morgan fingerprint density at radius 2 is 1.73 bits per heavy atom. The Morgan fingerprint density at radius 1 is 1.07 bits per heavy atom. The molecule has 9 heteroatoms. The third kappa shape index (κ3) is 4.72. The van der Waals surface area contributed by atoms with E-state index in [1.54, 1.807) is 25.0 Å². The first-order valence-corrected chi connectivity index (χ1v) is 14.4. The second-order valence-corrected chi connectivity index (χ2v) is 12.9. The Bertz CT molecular complexity index is 1380. The molecule has 0 amide bonds. The van der Waals surface area contributed by atoms with Crippen LogP contribution in [0.3, 0.4) is 0 Å². The van der Waals surface area contributed by atoms with Gasteiger partial charge in [-0.15, -0.1) is 0 Å². The summed E-state index contributed by atoms with van der Waals surface area (Å²) in [5, 5.41) is 8.96. The lowest BCUT2D eigenvalue weighted by atomic mass is 9.77. The Hall–Kier alpha value is -3.33. The van der Waals surface area contributed by atoms with E-state index in [9.17, 15) is 4.79 Å². The van der Waals surface area contributed by atoms with Crippen LogP contribution in [0.2, 0.25) is 0 Å². The molecule has 3 aliphatic heterocycles. The first-order chi connectivity index (χ1) is 19.3. The van der Waals surface area contributed by atoms with Gasteiger partial charge in [0.05, 0.1) is 62.3 Å². The molecule has 1 N–H and O–H groups in total.